The van der Waals surface area contributed by atoms with Crippen LogP contribution in [0.2, 0.25) is 0 Å². The Labute approximate surface area is 199 Å². The van der Waals surface area contributed by atoms with Gasteiger partial charge in [0.1, 0.15) is 0 Å². The van der Waals surface area contributed by atoms with Crippen molar-refractivity contribution in [3.63, 3.8) is 0 Å². The number of carbonyl (C=O) groups excluding carboxylic acids is 2. The zero-order valence-corrected chi connectivity index (χ0v) is 22.1. The van der Waals surface area contributed by atoms with Crippen molar-refractivity contribution in [2.75, 3.05) is 13.2 Å². The molecule has 0 amide bonds. The van der Waals surface area contributed by atoms with E-state index in [9.17, 15) is 9.59 Å². The summed E-state index contributed by atoms with van der Waals surface area (Å²) in [5, 5.41) is 0. The van der Waals surface area contributed by atoms with Crippen LogP contribution in [0.3, 0.4) is 0 Å². The molecule has 4 nitrogen and oxygen atoms in total. The summed E-state index contributed by atoms with van der Waals surface area (Å²) in [6.45, 7) is 11.5. The van der Waals surface area contributed by atoms with E-state index in [1.54, 1.807) is 0 Å². The molecule has 0 N–H and O–H groups in total. The summed E-state index contributed by atoms with van der Waals surface area (Å²) < 4.78 is 10.5. The minimum Gasteiger partial charge on any atom is -0.465 e. The second-order valence-electron chi connectivity index (χ2n) is 10.4. The van der Waals surface area contributed by atoms with Gasteiger partial charge in [-0.15, -0.1) is 0 Å². The van der Waals surface area contributed by atoms with Gasteiger partial charge in [0.25, 0.3) is 0 Å². The lowest BCUT2D eigenvalue weighted by Gasteiger charge is -2.14. The van der Waals surface area contributed by atoms with Crippen molar-refractivity contribution in [3.05, 3.63) is 0 Å². The Morgan fingerprint density at radius 1 is 0.594 bits per heavy atom. The summed E-state index contributed by atoms with van der Waals surface area (Å²) in [6, 6.07) is 0. The first-order chi connectivity index (χ1) is 15.3. The standard InChI is InChI=1S/C28H54O4/c1-6-26(21-28(30)32-23-25(4)5)19-17-15-13-11-9-7-8-10-12-14-16-18-20-27(29)31-22-24(2)3/h24-26H,6-23H2,1-5H3. The molecule has 1 atom stereocenters. The van der Waals surface area contributed by atoms with Gasteiger partial charge in [-0.3, -0.25) is 9.59 Å². The number of carbonyl (C=O) groups is 2. The number of rotatable bonds is 22. The Morgan fingerprint density at radius 2 is 1.00 bits per heavy atom. The predicted octanol–water partition coefficient (Wildman–Crippen LogP) is 8.26. The van der Waals surface area contributed by atoms with Crippen molar-refractivity contribution in [2.24, 2.45) is 17.8 Å². The molecule has 190 valence electrons. The van der Waals surface area contributed by atoms with E-state index >= 15 is 0 Å². The molecule has 0 aromatic rings. The molecule has 0 rings (SSSR count). The van der Waals surface area contributed by atoms with Crippen LogP contribution in [0.4, 0.5) is 0 Å². The molecule has 0 saturated heterocycles. The summed E-state index contributed by atoms with van der Waals surface area (Å²) in [5.41, 5.74) is 0. The van der Waals surface area contributed by atoms with E-state index in [1.807, 2.05) is 0 Å². The van der Waals surface area contributed by atoms with Gasteiger partial charge in [0.15, 0.2) is 0 Å². The molecule has 0 saturated carbocycles. The first-order valence-corrected chi connectivity index (χ1v) is 13.7. The summed E-state index contributed by atoms with van der Waals surface area (Å²) in [4.78, 5) is 23.4. The lowest BCUT2D eigenvalue weighted by molar-refractivity contribution is -0.146. The molecule has 0 bridgehead atoms. The second-order valence-corrected chi connectivity index (χ2v) is 10.4. The molecule has 0 heterocycles. The highest BCUT2D eigenvalue weighted by atomic mass is 16.5. The minimum absolute atomic E-state index is 0.0188. The summed E-state index contributed by atoms with van der Waals surface area (Å²) in [6.07, 6.45) is 18.6. The Morgan fingerprint density at radius 3 is 1.44 bits per heavy atom. The van der Waals surface area contributed by atoms with Crippen LogP contribution in [-0.2, 0) is 19.1 Å². The van der Waals surface area contributed by atoms with E-state index in [2.05, 4.69) is 34.6 Å². The van der Waals surface area contributed by atoms with Crippen LogP contribution in [0.1, 0.15) is 137 Å². The number of unbranched alkanes of at least 4 members (excludes halogenated alkanes) is 11. The highest BCUT2D eigenvalue weighted by Crippen LogP contribution is 2.19. The van der Waals surface area contributed by atoms with E-state index in [0.29, 0.717) is 43.8 Å². The van der Waals surface area contributed by atoms with Gasteiger partial charge < -0.3 is 9.47 Å². The Hall–Kier alpha value is -1.06. The first-order valence-electron chi connectivity index (χ1n) is 13.7. The number of hydrogen-bond acceptors (Lipinski definition) is 4. The number of esters is 2. The molecule has 1 unspecified atom stereocenters. The van der Waals surface area contributed by atoms with Crippen LogP contribution in [0.5, 0.6) is 0 Å². The topological polar surface area (TPSA) is 52.6 Å². The molecule has 0 aromatic carbocycles. The van der Waals surface area contributed by atoms with Crippen molar-refractivity contribution in [3.8, 4) is 0 Å². The molecule has 0 aliphatic rings. The molecule has 4 heteroatoms. The monoisotopic (exact) mass is 454 g/mol. The van der Waals surface area contributed by atoms with Crippen LogP contribution < -0.4 is 0 Å². The largest absolute Gasteiger partial charge is 0.465 e. The SMILES string of the molecule is CCC(CCCCCCCCCCCCCCC(=O)OCC(C)C)CC(=O)OCC(C)C. The van der Waals surface area contributed by atoms with Crippen LogP contribution in [0.25, 0.3) is 0 Å². The third-order valence-electron chi connectivity index (χ3n) is 5.93. The van der Waals surface area contributed by atoms with Crippen molar-refractivity contribution < 1.29 is 19.1 Å². The van der Waals surface area contributed by atoms with Crippen molar-refractivity contribution >= 4 is 11.9 Å². The average Bonchev–Trinajstić information content (AvgIpc) is 2.75. The Balaban J connectivity index is 3.39. The van der Waals surface area contributed by atoms with Gasteiger partial charge in [0.05, 0.1) is 13.2 Å². The smallest absolute Gasteiger partial charge is 0.306 e. The highest BCUT2D eigenvalue weighted by Gasteiger charge is 2.13. The maximum atomic E-state index is 11.9. The van der Waals surface area contributed by atoms with E-state index in [1.165, 1.54) is 64.2 Å². The van der Waals surface area contributed by atoms with Crippen LogP contribution in [-0.4, -0.2) is 25.2 Å². The quantitative estimate of drug-likeness (QED) is 0.122. The fourth-order valence-corrected chi connectivity index (χ4v) is 3.81. The van der Waals surface area contributed by atoms with Crippen LogP contribution in [0, 0.1) is 17.8 Å². The number of hydrogen-bond donors (Lipinski definition) is 0. The molecular weight excluding hydrogens is 400 g/mol. The molecule has 0 spiro atoms. The maximum Gasteiger partial charge on any atom is 0.306 e. The first kappa shape index (κ1) is 30.9. The fraction of sp³-hybridized carbons (Fsp3) is 0.929. The third kappa shape index (κ3) is 22.1. The van der Waals surface area contributed by atoms with Crippen molar-refractivity contribution in [2.45, 2.75) is 137 Å². The highest BCUT2D eigenvalue weighted by molar-refractivity contribution is 5.69. The molecule has 0 radical (unpaired) electrons. The zero-order valence-electron chi connectivity index (χ0n) is 22.1. The van der Waals surface area contributed by atoms with Crippen molar-refractivity contribution in [1.29, 1.82) is 0 Å². The van der Waals surface area contributed by atoms with Gasteiger partial charge in [-0.25, -0.2) is 0 Å². The van der Waals surface area contributed by atoms with Gasteiger partial charge in [-0.2, -0.15) is 0 Å². The third-order valence-corrected chi connectivity index (χ3v) is 5.93. The molecule has 32 heavy (non-hydrogen) atoms. The minimum atomic E-state index is -0.0342. The Bertz CT molecular complexity index is 445. The van der Waals surface area contributed by atoms with E-state index in [0.717, 1.165) is 25.7 Å². The molecular formula is C28H54O4. The van der Waals surface area contributed by atoms with Crippen LogP contribution in [0.15, 0.2) is 0 Å². The fourth-order valence-electron chi connectivity index (χ4n) is 3.81. The normalized spacial score (nSPS) is 12.3. The van der Waals surface area contributed by atoms with E-state index in [-0.39, 0.29) is 11.9 Å². The average molecular weight is 455 g/mol. The van der Waals surface area contributed by atoms with Gasteiger partial charge >= 0.3 is 11.9 Å². The Kier molecular flexibility index (Phi) is 21.0. The second kappa shape index (κ2) is 21.8. The van der Waals surface area contributed by atoms with Gasteiger partial charge in [-0.1, -0.05) is 112 Å². The predicted molar refractivity (Wildman–Crippen MR) is 135 cm³/mol. The van der Waals surface area contributed by atoms with E-state index < -0.39 is 0 Å². The molecule has 0 aliphatic carbocycles. The van der Waals surface area contributed by atoms with Gasteiger partial charge in [0, 0.05) is 12.8 Å². The maximum absolute atomic E-state index is 11.9. The van der Waals surface area contributed by atoms with Gasteiger partial charge in [-0.05, 0) is 30.6 Å². The lowest BCUT2D eigenvalue weighted by atomic mass is 9.95. The summed E-state index contributed by atoms with van der Waals surface area (Å²) >= 11 is 0. The van der Waals surface area contributed by atoms with Gasteiger partial charge in [0.2, 0.25) is 0 Å². The zero-order chi connectivity index (χ0) is 24.0. The molecule has 0 aliphatic heterocycles. The number of ether oxygens (including phenoxy) is 2. The lowest BCUT2D eigenvalue weighted by Crippen LogP contribution is -2.14. The van der Waals surface area contributed by atoms with E-state index in [4.69, 9.17) is 9.47 Å². The summed E-state index contributed by atoms with van der Waals surface area (Å²) in [5.74, 6) is 1.27. The summed E-state index contributed by atoms with van der Waals surface area (Å²) in [7, 11) is 0. The van der Waals surface area contributed by atoms with Crippen molar-refractivity contribution in [1.82, 2.24) is 0 Å². The molecule has 0 aromatic heterocycles. The molecule has 0 fully saturated rings. The van der Waals surface area contributed by atoms with Crippen LogP contribution >= 0.6 is 0 Å².